The molecule has 22 heavy (non-hydrogen) atoms. The average molecular weight is 305 g/mol. The summed E-state index contributed by atoms with van der Waals surface area (Å²) in [5.41, 5.74) is 4.82. The summed E-state index contributed by atoms with van der Waals surface area (Å²) >= 11 is 0. The number of oxazole rings is 1. The van der Waals surface area contributed by atoms with Gasteiger partial charge in [0.15, 0.2) is 0 Å². The molecule has 0 aliphatic carbocycles. The van der Waals surface area contributed by atoms with Gasteiger partial charge in [0, 0.05) is 5.56 Å². The van der Waals surface area contributed by atoms with Crippen molar-refractivity contribution in [3.05, 3.63) is 41.9 Å². The number of rotatable bonds is 5. The number of amides is 2. The third-order valence-electron chi connectivity index (χ3n) is 2.61. The molecule has 2 aromatic rings. The first-order valence-corrected chi connectivity index (χ1v) is 6.47. The lowest BCUT2D eigenvalue weighted by Crippen LogP contribution is -2.41. The highest BCUT2D eigenvalue weighted by molar-refractivity contribution is 5.97. The molecule has 8 heteroatoms. The molecular weight excluding hydrogens is 290 g/mol. The van der Waals surface area contributed by atoms with Crippen molar-refractivity contribution in [1.29, 1.82) is 0 Å². The molecule has 0 saturated heterocycles. The highest BCUT2D eigenvalue weighted by atomic mass is 16.6. The number of methoxy groups -OCH3 is 1. The molecule has 2 N–H and O–H groups in total. The van der Waals surface area contributed by atoms with Crippen molar-refractivity contribution in [2.45, 2.75) is 6.92 Å². The van der Waals surface area contributed by atoms with Crippen LogP contribution in [-0.2, 0) is 0 Å². The Labute approximate surface area is 126 Å². The Hall–Kier alpha value is -3.03. The Kier molecular flexibility index (Phi) is 4.97. The number of nitrogens with zero attached hydrogens (tertiary/aromatic N) is 1. The predicted molar refractivity (Wildman–Crippen MR) is 75.6 cm³/mol. The van der Waals surface area contributed by atoms with Gasteiger partial charge in [-0.25, -0.2) is 4.98 Å². The maximum atomic E-state index is 11.8. The molecule has 0 spiro atoms. The third kappa shape index (κ3) is 3.75. The van der Waals surface area contributed by atoms with Gasteiger partial charge in [0.2, 0.25) is 0 Å². The van der Waals surface area contributed by atoms with Gasteiger partial charge < -0.3 is 13.9 Å². The molecule has 0 aliphatic rings. The summed E-state index contributed by atoms with van der Waals surface area (Å²) in [6, 6.07) is 6.41. The first-order chi connectivity index (χ1) is 10.6. The van der Waals surface area contributed by atoms with E-state index in [1.165, 1.54) is 13.3 Å². The van der Waals surface area contributed by atoms with Crippen molar-refractivity contribution in [3.8, 4) is 11.7 Å². The summed E-state index contributed by atoms with van der Waals surface area (Å²) < 4.78 is 15.1. The van der Waals surface area contributed by atoms with E-state index in [0.29, 0.717) is 17.9 Å². The number of ether oxygens (including phenoxy) is 2. The second-order valence-corrected chi connectivity index (χ2v) is 4.05. The number of carbonyl (C=O) groups is 2. The Morgan fingerprint density at radius 3 is 2.50 bits per heavy atom. The van der Waals surface area contributed by atoms with Crippen LogP contribution < -0.4 is 20.3 Å². The maximum Gasteiger partial charge on any atom is 0.325 e. The van der Waals surface area contributed by atoms with Crippen LogP contribution in [0.5, 0.6) is 11.7 Å². The van der Waals surface area contributed by atoms with Gasteiger partial charge in [-0.05, 0) is 31.2 Å². The smallest absolute Gasteiger partial charge is 0.325 e. The summed E-state index contributed by atoms with van der Waals surface area (Å²) in [7, 11) is 1.53. The number of nitrogens with one attached hydrogen (secondary N) is 2. The Morgan fingerprint density at radius 2 is 1.86 bits per heavy atom. The quantitative estimate of drug-likeness (QED) is 0.803. The van der Waals surface area contributed by atoms with E-state index in [2.05, 4.69) is 15.8 Å². The summed E-state index contributed by atoms with van der Waals surface area (Å²) in [6.45, 7) is 2.17. The van der Waals surface area contributed by atoms with Crippen molar-refractivity contribution in [2.24, 2.45) is 0 Å². The molecule has 116 valence electrons. The van der Waals surface area contributed by atoms with E-state index in [0.717, 1.165) is 0 Å². The molecule has 0 bridgehead atoms. The van der Waals surface area contributed by atoms with Crippen molar-refractivity contribution >= 4 is 11.8 Å². The summed E-state index contributed by atoms with van der Waals surface area (Å²) in [6.07, 6.45) is 1.28. The van der Waals surface area contributed by atoms with Crippen LogP contribution in [0.1, 0.15) is 28.0 Å². The lowest BCUT2D eigenvalue weighted by Gasteiger charge is -2.06. The number of hydrogen-bond acceptors (Lipinski definition) is 6. The zero-order valence-corrected chi connectivity index (χ0v) is 12.1. The minimum absolute atomic E-state index is 0.133. The second kappa shape index (κ2) is 7.11. The summed E-state index contributed by atoms with van der Waals surface area (Å²) in [5, 5.41) is 0. The monoisotopic (exact) mass is 305 g/mol. The van der Waals surface area contributed by atoms with Crippen LogP contribution in [0, 0.1) is 0 Å². The Morgan fingerprint density at radius 1 is 1.18 bits per heavy atom. The van der Waals surface area contributed by atoms with Crippen LogP contribution in [-0.4, -0.2) is 30.5 Å². The zero-order chi connectivity index (χ0) is 15.9. The molecule has 0 radical (unpaired) electrons. The first-order valence-electron chi connectivity index (χ1n) is 6.47. The number of benzene rings is 1. The molecule has 1 aromatic carbocycles. The van der Waals surface area contributed by atoms with Crippen molar-refractivity contribution in [1.82, 2.24) is 15.8 Å². The lowest BCUT2D eigenvalue weighted by molar-refractivity contribution is 0.0822. The molecular formula is C14H15N3O5. The van der Waals surface area contributed by atoms with Gasteiger partial charge >= 0.3 is 11.9 Å². The van der Waals surface area contributed by atoms with Crippen molar-refractivity contribution < 1.29 is 23.5 Å². The second-order valence-electron chi connectivity index (χ2n) is 4.05. The highest BCUT2D eigenvalue weighted by Crippen LogP contribution is 2.12. The molecule has 8 nitrogen and oxygen atoms in total. The molecule has 1 heterocycles. The normalized spacial score (nSPS) is 9.91. The van der Waals surface area contributed by atoms with Gasteiger partial charge in [-0.1, -0.05) is 0 Å². The largest absolute Gasteiger partial charge is 0.497 e. The summed E-state index contributed by atoms with van der Waals surface area (Å²) in [5.74, 6) is -0.614. The van der Waals surface area contributed by atoms with Gasteiger partial charge in [-0.2, -0.15) is 0 Å². The van der Waals surface area contributed by atoms with Gasteiger partial charge in [-0.3, -0.25) is 20.4 Å². The van der Waals surface area contributed by atoms with Crippen LogP contribution in [0.15, 0.2) is 34.9 Å². The van der Waals surface area contributed by atoms with Crippen molar-refractivity contribution in [3.63, 3.8) is 0 Å². The van der Waals surface area contributed by atoms with Gasteiger partial charge in [0.25, 0.3) is 11.8 Å². The highest BCUT2D eigenvalue weighted by Gasteiger charge is 2.15. The average Bonchev–Trinajstić information content (AvgIpc) is 3.01. The molecule has 0 unspecified atom stereocenters. The van der Waals surface area contributed by atoms with E-state index in [1.807, 2.05) is 0 Å². The molecule has 0 saturated carbocycles. The van der Waals surface area contributed by atoms with E-state index in [-0.39, 0.29) is 11.8 Å². The molecule has 0 fully saturated rings. The fourth-order valence-electron chi connectivity index (χ4n) is 1.55. The Bertz CT molecular complexity index is 651. The van der Waals surface area contributed by atoms with Gasteiger partial charge in [0.1, 0.15) is 11.9 Å². The number of hydrazine groups is 1. The summed E-state index contributed by atoms with van der Waals surface area (Å²) in [4.78, 5) is 27.3. The topological polar surface area (TPSA) is 103 Å². The van der Waals surface area contributed by atoms with Crippen LogP contribution in [0.3, 0.4) is 0 Å². The first kappa shape index (κ1) is 15.4. The number of hydrogen-bond donors (Lipinski definition) is 2. The van der Waals surface area contributed by atoms with Crippen LogP contribution in [0.2, 0.25) is 0 Å². The van der Waals surface area contributed by atoms with E-state index >= 15 is 0 Å². The lowest BCUT2D eigenvalue weighted by atomic mass is 10.2. The molecule has 0 atom stereocenters. The minimum atomic E-state index is -0.687. The molecule has 0 aliphatic heterocycles. The predicted octanol–water partition coefficient (Wildman–Crippen LogP) is 1.16. The minimum Gasteiger partial charge on any atom is -0.497 e. The van der Waals surface area contributed by atoms with Crippen LogP contribution >= 0.6 is 0 Å². The van der Waals surface area contributed by atoms with E-state index in [1.54, 1.807) is 31.2 Å². The number of aromatic nitrogens is 1. The molecule has 1 aromatic heterocycles. The van der Waals surface area contributed by atoms with Gasteiger partial charge in [-0.15, -0.1) is 0 Å². The van der Waals surface area contributed by atoms with Gasteiger partial charge in [0.05, 0.1) is 13.7 Å². The Balaban J connectivity index is 1.90. The maximum absolute atomic E-state index is 11.8. The SMILES string of the molecule is CCOc1cnc(C(=O)NNC(=O)c2ccc(OC)cc2)o1. The van der Waals surface area contributed by atoms with E-state index in [4.69, 9.17) is 13.9 Å². The van der Waals surface area contributed by atoms with Crippen molar-refractivity contribution in [2.75, 3.05) is 13.7 Å². The van der Waals surface area contributed by atoms with E-state index in [9.17, 15) is 9.59 Å². The molecule has 2 rings (SSSR count). The third-order valence-corrected chi connectivity index (χ3v) is 2.61. The van der Waals surface area contributed by atoms with Crippen LogP contribution in [0.4, 0.5) is 0 Å². The standard InChI is InChI=1S/C14H15N3O5/c1-3-21-11-8-15-14(22-11)13(19)17-16-12(18)9-4-6-10(20-2)7-5-9/h4-8H,3H2,1-2H3,(H,16,18)(H,17,19). The number of carbonyl (C=O) groups excluding carboxylic acids is 2. The fraction of sp³-hybridized carbons (Fsp3) is 0.214. The fourth-order valence-corrected chi connectivity index (χ4v) is 1.55. The zero-order valence-electron chi connectivity index (χ0n) is 12.1. The van der Waals surface area contributed by atoms with E-state index < -0.39 is 11.8 Å². The van der Waals surface area contributed by atoms with Crippen LogP contribution in [0.25, 0.3) is 0 Å². The molecule has 2 amide bonds.